The number of hydrogen-bond donors (Lipinski definition) is 2. The van der Waals surface area contributed by atoms with E-state index in [4.69, 9.17) is 11.6 Å². The third-order valence-corrected chi connectivity index (χ3v) is 5.25. The minimum Gasteiger partial charge on any atom is -0.352 e. The topological polar surface area (TPSA) is 58.2 Å². The zero-order valence-corrected chi connectivity index (χ0v) is 14.7. The van der Waals surface area contributed by atoms with E-state index in [0.717, 1.165) is 10.5 Å². The van der Waals surface area contributed by atoms with E-state index in [9.17, 15) is 9.59 Å². The third-order valence-electron chi connectivity index (χ3n) is 3.74. The Morgan fingerprint density at radius 3 is 2.75 bits per heavy atom. The summed E-state index contributed by atoms with van der Waals surface area (Å²) in [7, 11) is 0. The van der Waals surface area contributed by atoms with Crippen molar-refractivity contribution in [2.24, 2.45) is 0 Å². The number of anilines is 1. The monoisotopic (exact) mass is 360 g/mol. The van der Waals surface area contributed by atoms with Gasteiger partial charge in [-0.3, -0.25) is 9.59 Å². The molecular formula is C18H17ClN2O2S. The number of rotatable bonds is 4. The van der Waals surface area contributed by atoms with Crippen LogP contribution in [0.1, 0.15) is 17.5 Å². The van der Waals surface area contributed by atoms with Crippen LogP contribution in [0, 0.1) is 6.92 Å². The minimum absolute atomic E-state index is 0.138. The molecule has 0 aromatic heterocycles. The summed E-state index contributed by atoms with van der Waals surface area (Å²) in [5.41, 5.74) is 2.92. The van der Waals surface area contributed by atoms with Crippen LogP contribution in [0.5, 0.6) is 0 Å². The van der Waals surface area contributed by atoms with E-state index in [1.54, 1.807) is 12.1 Å². The molecule has 0 aliphatic carbocycles. The molecule has 6 heteroatoms. The molecule has 4 nitrogen and oxygen atoms in total. The first-order valence-corrected chi connectivity index (χ1v) is 8.86. The van der Waals surface area contributed by atoms with Crippen LogP contribution in [0.3, 0.4) is 0 Å². The predicted octanol–water partition coefficient (Wildman–Crippen LogP) is 3.77. The predicted molar refractivity (Wildman–Crippen MR) is 97.4 cm³/mol. The molecule has 124 valence electrons. The lowest BCUT2D eigenvalue weighted by Crippen LogP contribution is -2.34. The highest BCUT2D eigenvalue weighted by molar-refractivity contribution is 8.01. The first-order valence-electron chi connectivity index (χ1n) is 7.60. The maximum Gasteiger partial charge on any atom is 0.238 e. The fourth-order valence-electron chi connectivity index (χ4n) is 2.40. The van der Waals surface area contributed by atoms with Gasteiger partial charge in [0.2, 0.25) is 11.8 Å². The lowest BCUT2D eigenvalue weighted by molar-refractivity contribution is -0.124. The number of carbonyl (C=O) groups excluding carboxylic acids is 2. The number of fused-ring (bicyclic) bond motifs is 1. The Kier molecular flexibility index (Phi) is 5.11. The summed E-state index contributed by atoms with van der Waals surface area (Å²) in [4.78, 5) is 25.2. The van der Waals surface area contributed by atoms with Crippen LogP contribution in [0.2, 0.25) is 5.02 Å². The molecule has 1 atom stereocenters. The van der Waals surface area contributed by atoms with Crippen LogP contribution in [0.4, 0.5) is 5.69 Å². The van der Waals surface area contributed by atoms with E-state index in [-0.39, 0.29) is 18.2 Å². The van der Waals surface area contributed by atoms with Crippen LogP contribution >= 0.6 is 23.4 Å². The number of carbonyl (C=O) groups is 2. The Morgan fingerprint density at radius 2 is 2.00 bits per heavy atom. The molecule has 0 fully saturated rings. The van der Waals surface area contributed by atoms with Gasteiger partial charge in [0.1, 0.15) is 0 Å². The molecule has 1 aliphatic heterocycles. The molecule has 2 amide bonds. The molecule has 2 aromatic carbocycles. The Bertz CT molecular complexity index is 777. The largest absolute Gasteiger partial charge is 0.352 e. The number of thioether (sulfide) groups is 1. The van der Waals surface area contributed by atoms with Crippen molar-refractivity contribution in [3.63, 3.8) is 0 Å². The molecule has 0 spiro atoms. The lowest BCUT2D eigenvalue weighted by atomic mass is 10.1. The quantitative estimate of drug-likeness (QED) is 0.872. The van der Waals surface area contributed by atoms with Crippen molar-refractivity contribution < 1.29 is 9.59 Å². The fourth-order valence-corrected chi connectivity index (χ4v) is 3.67. The number of aryl methyl sites for hydroxylation is 1. The zero-order chi connectivity index (χ0) is 17.1. The lowest BCUT2D eigenvalue weighted by Gasteiger charge is -2.23. The average molecular weight is 361 g/mol. The molecule has 2 aromatic rings. The van der Waals surface area contributed by atoms with Crippen molar-refractivity contribution in [3.8, 4) is 0 Å². The van der Waals surface area contributed by atoms with Gasteiger partial charge in [-0.25, -0.2) is 0 Å². The second-order valence-corrected chi connectivity index (χ2v) is 7.38. The van der Waals surface area contributed by atoms with Gasteiger partial charge in [-0.1, -0.05) is 41.4 Å². The van der Waals surface area contributed by atoms with Gasteiger partial charge >= 0.3 is 0 Å². The molecule has 1 unspecified atom stereocenters. The smallest absolute Gasteiger partial charge is 0.238 e. The van der Waals surface area contributed by atoms with E-state index < -0.39 is 5.25 Å². The van der Waals surface area contributed by atoms with Crippen molar-refractivity contribution in [2.45, 2.75) is 30.0 Å². The molecule has 24 heavy (non-hydrogen) atoms. The van der Waals surface area contributed by atoms with Gasteiger partial charge in [0.15, 0.2) is 0 Å². The Labute approximate surface area is 150 Å². The summed E-state index contributed by atoms with van der Waals surface area (Å²) >= 11 is 7.32. The number of hydrogen-bond acceptors (Lipinski definition) is 3. The van der Waals surface area contributed by atoms with Gasteiger partial charge in [0, 0.05) is 22.9 Å². The third kappa shape index (κ3) is 4.10. The van der Waals surface area contributed by atoms with Crippen molar-refractivity contribution in [3.05, 3.63) is 58.6 Å². The summed E-state index contributed by atoms with van der Waals surface area (Å²) in [6.07, 6.45) is 0.143. The van der Waals surface area contributed by atoms with Gasteiger partial charge in [-0.15, -0.1) is 11.8 Å². The van der Waals surface area contributed by atoms with Gasteiger partial charge < -0.3 is 10.6 Å². The van der Waals surface area contributed by atoms with Crippen LogP contribution in [-0.2, 0) is 16.1 Å². The number of benzene rings is 2. The molecule has 0 saturated heterocycles. The summed E-state index contributed by atoms with van der Waals surface area (Å²) < 4.78 is 0. The SMILES string of the molecule is Cc1ccc(CNC(=O)CC2Sc3ccc(Cl)cc3NC2=O)cc1. The Morgan fingerprint density at radius 1 is 1.25 bits per heavy atom. The zero-order valence-electron chi connectivity index (χ0n) is 13.1. The summed E-state index contributed by atoms with van der Waals surface area (Å²) in [5, 5.41) is 5.82. The average Bonchev–Trinajstić information content (AvgIpc) is 2.55. The second-order valence-electron chi connectivity index (χ2n) is 5.70. The van der Waals surface area contributed by atoms with Gasteiger partial charge in [-0.05, 0) is 30.7 Å². The highest BCUT2D eigenvalue weighted by Gasteiger charge is 2.29. The summed E-state index contributed by atoms with van der Waals surface area (Å²) in [6.45, 7) is 2.48. The molecule has 2 N–H and O–H groups in total. The molecule has 1 aliphatic rings. The molecule has 0 radical (unpaired) electrons. The highest BCUT2D eigenvalue weighted by Crippen LogP contribution is 2.38. The molecule has 1 heterocycles. The normalized spacial score (nSPS) is 16.2. The van der Waals surface area contributed by atoms with Gasteiger partial charge in [0.05, 0.1) is 10.9 Å². The standard InChI is InChI=1S/C18H17ClN2O2S/c1-11-2-4-12(5-3-11)10-20-17(22)9-16-18(23)21-14-8-13(19)6-7-15(14)24-16/h2-8,16H,9-10H2,1H3,(H,20,22)(H,21,23). The van der Waals surface area contributed by atoms with Crippen LogP contribution < -0.4 is 10.6 Å². The first-order chi connectivity index (χ1) is 11.5. The highest BCUT2D eigenvalue weighted by atomic mass is 35.5. The molecular weight excluding hydrogens is 344 g/mol. The maximum absolute atomic E-state index is 12.2. The Balaban J connectivity index is 1.57. The molecule has 0 bridgehead atoms. The fraction of sp³-hybridized carbons (Fsp3) is 0.222. The van der Waals surface area contributed by atoms with Crippen LogP contribution in [0.15, 0.2) is 47.4 Å². The van der Waals surface area contributed by atoms with Crippen molar-refractivity contribution in [1.29, 1.82) is 0 Å². The van der Waals surface area contributed by atoms with E-state index in [1.165, 1.54) is 17.3 Å². The summed E-state index contributed by atoms with van der Waals surface area (Å²) in [5.74, 6) is -0.305. The van der Waals surface area contributed by atoms with E-state index >= 15 is 0 Å². The Hall–Kier alpha value is -1.98. The number of nitrogens with one attached hydrogen (secondary N) is 2. The van der Waals surface area contributed by atoms with Gasteiger partial charge in [-0.2, -0.15) is 0 Å². The molecule has 3 rings (SSSR count). The van der Waals surface area contributed by atoms with E-state index in [1.807, 2.05) is 37.3 Å². The second kappa shape index (κ2) is 7.28. The van der Waals surface area contributed by atoms with Crippen molar-refractivity contribution in [2.75, 3.05) is 5.32 Å². The van der Waals surface area contributed by atoms with Crippen LogP contribution in [0.25, 0.3) is 0 Å². The van der Waals surface area contributed by atoms with E-state index in [0.29, 0.717) is 17.3 Å². The molecule has 0 saturated carbocycles. The number of halogens is 1. The van der Waals surface area contributed by atoms with Crippen LogP contribution in [-0.4, -0.2) is 17.1 Å². The van der Waals surface area contributed by atoms with Crippen molar-refractivity contribution in [1.82, 2.24) is 5.32 Å². The van der Waals surface area contributed by atoms with Gasteiger partial charge in [0.25, 0.3) is 0 Å². The number of amides is 2. The van der Waals surface area contributed by atoms with Crippen molar-refractivity contribution >= 4 is 40.9 Å². The maximum atomic E-state index is 12.2. The summed E-state index contributed by atoms with van der Waals surface area (Å²) in [6, 6.07) is 13.3. The van der Waals surface area contributed by atoms with E-state index in [2.05, 4.69) is 10.6 Å². The first kappa shape index (κ1) is 16.9. The minimum atomic E-state index is -0.434.